The summed E-state index contributed by atoms with van der Waals surface area (Å²) in [6.45, 7) is 4.99. The van der Waals surface area contributed by atoms with Crippen molar-refractivity contribution in [3.8, 4) is 0 Å². The van der Waals surface area contributed by atoms with Crippen LogP contribution < -0.4 is 4.90 Å². The van der Waals surface area contributed by atoms with E-state index in [1.165, 1.54) is 5.56 Å². The number of hydrogen-bond acceptors (Lipinski definition) is 5. The third kappa shape index (κ3) is 3.88. The highest BCUT2D eigenvalue weighted by atomic mass is 16.5. The third-order valence-corrected chi connectivity index (χ3v) is 5.94. The van der Waals surface area contributed by atoms with Crippen LogP contribution in [0.5, 0.6) is 0 Å². The predicted octanol–water partition coefficient (Wildman–Crippen LogP) is 3.75. The van der Waals surface area contributed by atoms with Gasteiger partial charge in [-0.2, -0.15) is 0 Å². The number of esters is 1. The van der Waals surface area contributed by atoms with Gasteiger partial charge < -0.3 is 14.0 Å². The topological polar surface area (TPSA) is 73.7 Å². The summed E-state index contributed by atoms with van der Waals surface area (Å²) >= 11 is 0. The third-order valence-electron chi connectivity index (χ3n) is 5.94. The second-order valence-electron chi connectivity index (χ2n) is 7.88. The SMILES string of the molecule is CCOC(=O)[C@@H]1C(=O)N(CCCOC)c2nc3ccccc3n2[C@H]1c1ccc(CC)cc1. The van der Waals surface area contributed by atoms with Crippen LogP contribution in [0.1, 0.15) is 37.4 Å². The minimum atomic E-state index is -0.991. The molecule has 7 heteroatoms. The Hall–Kier alpha value is -3.19. The zero-order valence-corrected chi connectivity index (χ0v) is 18.8. The molecule has 1 aliphatic heterocycles. The highest BCUT2D eigenvalue weighted by Crippen LogP contribution is 2.41. The first-order chi connectivity index (χ1) is 15.6. The van der Waals surface area contributed by atoms with Gasteiger partial charge in [-0.25, -0.2) is 4.98 Å². The minimum Gasteiger partial charge on any atom is -0.465 e. The number of methoxy groups -OCH3 is 1. The quantitative estimate of drug-likeness (QED) is 0.306. The van der Waals surface area contributed by atoms with Gasteiger partial charge >= 0.3 is 5.97 Å². The molecule has 0 radical (unpaired) electrons. The van der Waals surface area contributed by atoms with Crippen molar-refractivity contribution in [1.82, 2.24) is 9.55 Å². The Kier molecular flexibility index (Phi) is 6.55. The fourth-order valence-electron chi connectivity index (χ4n) is 4.38. The first kappa shape index (κ1) is 22.0. The molecule has 0 fully saturated rings. The molecule has 2 aromatic carbocycles. The van der Waals surface area contributed by atoms with Crippen LogP contribution in [-0.2, 0) is 25.5 Å². The van der Waals surface area contributed by atoms with Crippen LogP contribution in [0.25, 0.3) is 11.0 Å². The Bertz CT molecular complexity index is 1110. The van der Waals surface area contributed by atoms with Crippen LogP contribution in [-0.4, -0.2) is 48.3 Å². The van der Waals surface area contributed by atoms with Crippen molar-refractivity contribution in [2.24, 2.45) is 5.92 Å². The molecule has 2 atom stereocenters. The monoisotopic (exact) mass is 435 g/mol. The molecule has 1 aromatic heterocycles. The lowest BCUT2D eigenvalue weighted by atomic mass is 9.88. The molecule has 168 valence electrons. The van der Waals surface area contributed by atoms with E-state index in [9.17, 15) is 9.59 Å². The van der Waals surface area contributed by atoms with Gasteiger partial charge in [-0.1, -0.05) is 43.3 Å². The Balaban J connectivity index is 1.92. The van der Waals surface area contributed by atoms with Crippen molar-refractivity contribution < 1.29 is 19.1 Å². The van der Waals surface area contributed by atoms with Crippen molar-refractivity contribution in [1.29, 1.82) is 0 Å². The Labute approximate surface area is 187 Å². The fraction of sp³-hybridized carbons (Fsp3) is 0.400. The summed E-state index contributed by atoms with van der Waals surface area (Å²) in [4.78, 5) is 33.2. The maximum absolute atomic E-state index is 13.7. The molecule has 0 saturated heterocycles. The van der Waals surface area contributed by atoms with E-state index in [-0.39, 0.29) is 12.5 Å². The highest BCUT2D eigenvalue weighted by Gasteiger charge is 2.47. The van der Waals surface area contributed by atoms with E-state index >= 15 is 0 Å². The van der Waals surface area contributed by atoms with Gasteiger partial charge in [0.05, 0.1) is 23.7 Å². The highest BCUT2D eigenvalue weighted by molar-refractivity contribution is 6.08. The number of rotatable bonds is 8. The number of fused-ring (bicyclic) bond motifs is 3. The average molecular weight is 436 g/mol. The number of hydrogen-bond donors (Lipinski definition) is 0. The summed E-state index contributed by atoms with van der Waals surface area (Å²) in [6.07, 6.45) is 1.55. The number of aryl methyl sites for hydroxylation is 1. The van der Waals surface area contributed by atoms with E-state index in [0.29, 0.717) is 25.5 Å². The summed E-state index contributed by atoms with van der Waals surface area (Å²) in [5, 5.41) is 0. The molecule has 32 heavy (non-hydrogen) atoms. The number of ether oxygens (including phenoxy) is 2. The van der Waals surface area contributed by atoms with Crippen LogP contribution in [0.3, 0.4) is 0 Å². The van der Waals surface area contributed by atoms with Gasteiger partial charge in [-0.05, 0) is 43.0 Å². The van der Waals surface area contributed by atoms with Crippen molar-refractivity contribution in [2.75, 3.05) is 31.8 Å². The molecule has 0 spiro atoms. The van der Waals surface area contributed by atoms with E-state index in [0.717, 1.165) is 23.0 Å². The van der Waals surface area contributed by atoms with Gasteiger partial charge in [-0.15, -0.1) is 0 Å². The van der Waals surface area contributed by atoms with Crippen LogP contribution in [0.4, 0.5) is 5.95 Å². The number of imidazole rings is 1. The second kappa shape index (κ2) is 9.53. The maximum Gasteiger partial charge on any atom is 0.321 e. The van der Waals surface area contributed by atoms with Crippen LogP contribution in [0.2, 0.25) is 0 Å². The summed E-state index contributed by atoms with van der Waals surface area (Å²) in [7, 11) is 1.63. The number of anilines is 1. The lowest BCUT2D eigenvalue weighted by molar-refractivity contribution is -0.153. The Morgan fingerprint density at radius 1 is 1.09 bits per heavy atom. The Morgan fingerprint density at radius 2 is 1.84 bits per heavy atom. The van der Waals surface area contributed by atoms with Gasteiger partial charge in [0.2, 0.25) is 11.9 Å². The molecule has 0 saturated carbocycles. The minimum absolute atomic E-state index is 0.214. The molecule has 0 bridgehead atoms. The molecule has 1 aliphatic rings. The zero-order chi connectivity index (χ0) is 22.7. The van der Waals surface area contributed by atoms with E-state index in [1.54, 1.807) is 18.9 Å². The second-order valence-corrected chi connectivity index (χ2v) is 7.88. The molecule has 4 rings (SSSR count). The molecule has 3 aromatic rings. The summed E-state index contributed by atoms with van der Waals surface area (Å²) in [5.74, 6) is -1.23. The largest absolute Gasteiger partial charge is 0.465 e. The van der Waals surface area contributed by atoms with Gasteiger partial charge in [0.1, 0.15) is 0 Å². The lowest BCUT2D eigenvalue weighted by Crippen LogP contribution is -2.50. The molecular formula is C25H29N3O4. The van der Waals surface area contributed by atoms with Gasteiger partial charge in [-0.3, -0.25) is 14.5 Å². The normalized spacial score (nSPS) is 18.1. The predicted molar refractivity (Wildman–Crippen MR) is 123 cm³/mol. The molecule has 2 heterocycles. The van der Waals surface area contributed by atoms with E-state index in [2.05, 4.69) is 6.92 Å². The number of carbonyl (C=O) groups excluding carboxylic acids is 2. The number of aromatic nitrogens is 2. The van der Waals surface area contributed by atoms with E-state index in [1.807, 2.05) is 53.1 Å². The van der Waals surface area contributed by atoms with E-state index in [4.69, 9.17) is 14.5 Å². The van der Waals surface area contributed by atoms with Gasteiger partial charge in [0, 0.05) is 20.3 Å². The van der Waals surface area contributed by atoms with Crippen LogP contribution in [0, 0.1) is 5.92 Å². The van der Waals surface area contributed by atoms with Crippen molar-refractivity contribution in [3.05, 3.63) is 59.7 Å². The summed E-state index contributed by atoms with van der Waals surface area (Å²) < 4.78 is 12.6. The van der Waals surface area contributed by atoms with Crippen molar-refractivity contribution >= 4 is 28.9 Å². The first-order valence-corrected chi connectivity index (χ1v) is 11.1. The lowest BCUT2D eigenvalue weighted by Gasteiger charge is -2.38. The standard InChI is InChI=1S/C25H29N3O4/c1-4-17-11-13-18(14-12-17)22-21(24(30)32-5-2)23(29)27(15-8-16-31-3)25-26-19-9-6-7-10-20(19)28(22)25/h6-7,9-14,21-22H,4-5,8,15-16H2,1-3H3/t21-,22-/m0/s1. The molecule has 1 amide bonds. The van der Waals surface area contributed by atoms with Gasteiger partial charge in [0.15, 0.2) is 5.92 Å². The fourth-order valence-corrected chi connectivity index (χ4v) is 4.38. The number of carbonyl (C=O) groups is 2. The van der Waals surface area contributed by atoms with Crippen LogP contribution in [0.15, 0.2) is 48.5 Å². The number of benzene rings is 2. The Morgan fingerprint density at radius 3 is 2.53 bits per heavy atom. The van der Waals surface area contributed by atoms with Gasteiger partial charge in [0.25, 0.3) is 0 Å². The molecular weight excluding hydrogens is 406 g/mol. The summed E-state index contributed by atoms with van der Waals surface area (Å²) in [5.41, 5.74) is 3.74. The van der Waals surface area contributed by atoms with Crippen LogP contribution >= 0.6 is 0 Å². The first-order valence-electron chi connectivity index (χ1n) is 11.1. The van der Waals surface area contributed by atoms with Crippen molar-refractivity contribution in [3.63, 3.8) is 0 Å². The molecule has 0 aliphatic carbocycles. The van der Waals surface area contributed by atoms with Crippen molar-refractivity contribution in [2.45, 2.75) is 32.7 Å². The molecule has 0 unspecified atom stereocenters. The smallest absolute Gasteiger partial charge is 0.321 e. The zero-order valence-electron chi connectivity index (χ0n) is 18.8. The molecule has 7 nitrogen and oxygen atoms in total. The molecule has 0 N–H and O–H groups in total. The maximum atomic E-state index is 13.7. The average Bonchev–Trinajstić information content (AvgIpc) is 3.19. The summed E-state index contributed by atoms with van der Waals surface area (Å²) in [6, 6.07) is 15.3. The number of amides is 1. The number of nitrogens with zero attached hydrogens (tertiary/aromatic N) is 3. The van der Waals surface area contributed by atoms with E-state index < -0.39 is 17.9 Å². The number of para-hydroxylation sites is 2.